The first-order valence-electron chi connectivity index (χ1n) is 10.9. The summed E-state index contributed by atoms with van der Waals surface area (Å²) in [6.07, 6.45) is 9.06. The van der Waals surface area contributed by atoms with E-state index in [0.29, 0.717) is 5.95 Å². The number of para-hydroxylation sites is 1. The molecule has 3 heterocycles. The Morgan fingerprint density at radius 3 is 2.00 bits per heavy atom. The summed E-state index contributed by atoms with van der Waals surface area (Å²) in [7, 11) is 3.54. The van der Waals surface area contributed by atoms with Gasteiger partial charge in [0.25, 0.3) is 5.95 Å². The van der Waals surface area contributed by atoms with Gasteiger partial charge in [0.2, 0.25) is 11.9 Å². The van der Waals surface area contributed by atoms with Crippen LogP contribution >= 0.6 is 0 Å². The fourth-order valence-electron chi connectivity index (χ4n) is 3.93. The summed E-state index contributed by atoms with van der Waals surface area (Å²) in [6, 6.07) is 7.81. The summed E-state index contributed by atoms with van der Waals surface area (Å²) < 4.78 is 5.42. The number of aromatic nitrogens is 3. The van der Waals surface area contributed by atoms with Crippen LogP contribution in [0, 0.1) is 0 Å². The molecule has 30 heavy (non-hydrogen) atoms. The van der Waals surface area contributed by atoms with Gasteiger partial charge < -0.3 is 14.5 Å². The minimum absolute atomic E-state index is 0.567. The van der Waals surface area contributed by atoms with Crippen LogP contribution in [0.4, 0.5) is 17.8 Å². The van der Waals surface area contributed by atoms with Crippen molar-refractivity contribution in [1.82, 2.24) is 15.0 Å². The molecular weight excluding hydrogens is 378 g/mol. The van der Waals surface area contributed by atoms with E-state index in [0.717, 1.165) is 49.4 Å². The van der Waals surface area contributed by atoms with Crippen LogP contribution in [0.3, 0.4) is 0 Å². The van der Waals surface area contributed by atoms with Crippen LogP contribution < -0.4 is 19.5 Å². The van der Waals surface area contributed by atoms with Gasteiger partial charge in [-0.15, -0.1) is 0 Å². The molecular formula is C22H31N7O. The fourth-order valence-corrected chi connectivity index (χ4v) is 3.93. The van der Waals surface area contributed by atoms with Crippen molar-refractivity contribution < 1.29 is 4.74 Å². The van der Waals surface area contributed by atoms with Gasteiger partial charge in [-0.1, -0.05) is 12.1 Å². The summed E-state index contributed by atoms with van der Waals surface area (Å²) in [6.45, 7) is 3.99. The summed E-state index contributed by atoms with van der Waals surface area (Å²) in [5.41, 5.74) is 0.911. The minimum atomic E-state index is 0.567. The Bertz CT molecular complexity index is 824. The Labute approximate surface area is 178 Å². The lowest BCUT2D eigenvalue weighted by molar-refractivity contribution is 0.414. The number of piperidine rings is 2. The van der Waals surface area contributed by atoms with Crippen molar-refractivity contribution in [2.24, 2.45) is 5.10 Å². The first-order chi connectivity index (χ1) is 14.7. The van der Waals surface area contributed by atoms with Crippen LogP contribution in [-0.4, -0.2) is 61.5 Å². The van der Waals surface area contributed by atoms with Gasteiger partial charge in [-0.2, -0.15) is 20.1 Å². The van der Waals surface area contributed by atoms with E-state index in [1.54, 1.807) is 18.3 Å². The van der Waals surface area contributed by atoms with Gasteiger partial charge in [0.15, 0.2) is 0 Å². The highest BCUT2D eigenvalue weighted by molar-refractivity contribution is 5.84. The highest BCUT2D eigenvalue weighted by Gasteiger charge is 2.21. The first-order valence-corrected chi connectivity index (χ1v) is 10.9. The van der Waals surface area contributed by atoms with E-state index < -0.39 is 0 Å². The summed E-state index contributed by atoms with van der Waals surface area (Å²) in [4.78, 5) is 18.9. The highest BCUT2D eigenvalue weighted by atomic mass is 16.5. The summed E-state index contributed by atoms with van der Waals surface area (Å²) >= 11 is 0. The largest absolute Gasteiger partial charge is 0.496 e. The second kappa shape index (κ2) is 9.73. The molecule has 0 spiro atoms. The summed E-state index contributed by atoms with van der Waals surface area (Å²) in [5, 5.41) is 6.30. The number of hydrazone groups is 1. The third-order valence-corrected chi connectivity index (χ3v) is 5.68. The normalized spacial score (nSPS) is 17.4. The number of methoxy groups -OCH3 is 1. The lowest BCUT2D eigenvalue weighted by Gasteiger charge is -2.30. The second-order valence-corrected chi connectivity index (χ2v) is 7.84. The third-order valence-electron chi connectivity index (χ3n) is 5.68. The van der Waals surface area contributed by atoms with Crippen LogP contribution in [0.2, 0.25) is 0 Å². The predicted octanol–water partition coefficient (Wildman–Crippen LogP) is 3.33. The number of ether oxygens (including phenoxy) is 1. The predicted molar refractivity (Wildman–Crippen MR) is 121 cm³/mol. The standard InChI is InChI=1S/C22H31N7O/c1-27(23-17-18-11-5-6-12-19(18)30-2)20-24-21(28-13-7-3-8-14-28)26-22(25-20)29-15-9-4-10-16-29/h5-6,11-12,17H,3-4,7-10,13-16H2,1-2H3/b23-17-. The van der Waals surface area contributed by atoms with Gasteiger partial charge in [0.05, 0.1) is 13.3 Å². The molecule has 2 aromatic rings. The third kappa shape index (κ3) is 4.80. The molecule has 2 aliphatic rings. The molecule has 2 fully saturated rings. The van der Waals surface area contributed by atoms with E-state index in [1.807, 2.05) is 31.3 Å². The Balaban J connectivity index is 1.62. The van der Waals surface area contributed by atoms with E-state index in [4.69, 9.17) is 19.7 Å². The molecule has 4 rings (SSSR count). The SMILES string of the molecule is COc1ccccc1/C=N\N(C)c1nc(N2CCCCC2)nc(N2CCCCC2)n1. The molecule has 0 amide bonds. The molecule has 0 N–H and O–H groups in total. The highest BCUT2D eigenvalue weighted by Crippen LogP contribution is 2.24. The average Bonchev–Trinajstić information content (AvgIpc) is 2.83. The van der Waals surface area contributed by atoms with Crippen molar-refractivity contribution in [3.8, 4) is 5.75 Å². The molecule has 0 bridgehead atoms. The Kier molecular flexibility index (Phi) is 6.61. The van der Waals surface area contributed by atoms with Crippen molar-refractivity contribution in [2.75, 3.05) is 55.1 Å². The van der Waals surface area contributed by atoms with Crippen LogP contribution in [0.25, 0.3) is 0 Å². The zero-order valence-electron chi connectivity index (χ0n) is 18.0. The molecule has 0 unspecified atom stereocenters. The van der Waals surface area contributed by atoms with Crippen molar-refractivity contribution in [3.63, 3.8) is 0 Å². The average molecular weight is 410 g/mol. The number of anilines is 3. The molecule has 0 radical (unpaired) electrons. The van der Waals surface area contributed by atoms with Crippen LogP contribution in [0.1, 0.15) is 44.1 Å². The van der Waals surface area contributed by atoms with Gasteiger partial charge in [-0.05, 0) is 50.7 Å². The first kappa shape index (κ1) is 20.4. The van der Waals surface area contributed by atoms with Crippen molar-refractivity contribution in [2.45, 2.75) is 38.5 Å². The molecule has 2 aliphatic heterocycles. The van der Waals surface area contributed by atoms with Crippen LogP contribution in [0.15, 0.2) is 29.4 Å². The van der Waals surface area contributed by atoms with Gasteiger partial charge in [-0.3, -0.25) is 0 Å². The number of hydrogen-bond acceptors (Lipinski definition) is 8. The van der Waals surface area contributed by atoms with Gasteiger partial charge in [0.1, 0.15) is 5.75 Å². The van der Waals surface area contributed by atoms with E-state index in [1.165, 1.54) is 38.5 Å². The van der Waals surface area contributed by atoms with Crippen LogP contribution in [0.5, 0.6) is 5.75 Å². The van der Waals surface area contributed by atoms with Crippen molar-refractivity contribution >= 4 is 24.1 Å². The molecule has 1 aromatic carbocycles. The second-order valence-electron chi connectivity index (χ2n) is 7.84. The Hall–Kier alpha value is -2.90. The van der Waals surface area contributed by atoms with Gasteiger partial charge >= 0.3 is 0 Å². The lowest BCUT2D eigenvalue weighted by Crippen LogP contribution is -2.35. The monoisotopic (exact) mass is 409 g/mol. The molecule has 8 heteroatoms. The van der Waals surface area contributed by atoms with Gasteiger partial charge in [-0.25, -0.2) is 5.01 Å². The molecule has 0 atom stereocenters. The maximum absolute atomic E-state index is 5.42. The molecule has 2 saturated heterocycles. The smallest absolute Gasteiger partial charge is 0.252 e. The summed E-state index contributed by atoms with van der Waals surface area (Å²) in [5.74, 6) is 2.88. The number of rotatable bonds is 6. The fraction of sp³-hybridized carbons (Fsp3) is 0.545. The Morgan fingerprint density at radius 1 is 0.867 bits per heavy atom. The van der Waals surface area contributed by atoms with Crippen molar-refractivity contribution in [1.29, 1.82) is 0 Å². The molecule has 0 aliphatic carbocycles. The lowest BCUT2D eigenvalue weighted by atomic mass is 10.1. The van der Waals surface area contributed by atoms with Crippen LogP contribution in [-0.2, 0) is 0 Å². The van der Waals surface area contributed by atoms with Crippen molar-refractivity contribution in [3.05, 3.63) is 29.8 Å². The number of hydrogen-bond donors (Lipinski definition) is 0. The number of benzene rings is 1. The maximum atomic E-state index is 5.42. The zero-order valence-corrected chi connectivity index (χ0v) is 18.0. The minimum Gasteiger partial charge on any atom is -0.496 e. The molecule has 1 aromatic heterocycles. The van der Waals surface area contributed by atoms with Gasteiger partial charge in [0, 0.05) is 38.8 Å². The quantitative estimate of drug-likeness (QED) is 0.535. The Morgan fingerprint density at radius 2 is 1.43 bits per heavy atom. The molecule has 160 valence electrons. The molecule has 0 saturated carbocycles. The van der Waals surface area contributed by atoms with E-state index in [9.17, 15) is 0 Å². The maximum Gasteiger partial charge on any atom is 0.252 e. The zero-order chi connectivity index (χ0) is 20.8. The number of nitrogens with zero attached hydrogens (tertiary/aromatic N) is 7. The topological polar surface area (TPSA) is 70.0 Å². The van der Waals surface area contributed by atoms with E-state index >= 15 is 0 Å². The molecule has 8 nitrogen and oxygen atoms in total. The van der Waals surface area contributed by atoms with E-state index in [2.05, 4.69) is 14.9 Å². The van der Waals surface area contributed by atoms with E-state index in [-0.39, 0.29) is 0 Å².